The van der Waals surface area contributed by atoms with Gasteiger partial charge in [0.1, 0.15) is 0 Å². The van der Waals surface area contributed by atoms with E-state index in [0.717, 1.165) is 11.9 Å². The molecule has 2 atom stereocenters. The first-order valence-corrected chi connectivity index (χ1v) is 6.14. The SMILES string of the molecule is CC1CCCC1n1ccnc1NC1CC1. The lowest BCUT2D eigenvalue weighted by Crippen LogP contribution is -2.15. The number of rotatable bonds is 3. The van der Waals surface area contributed by atoms with Crippen molar-refractivity contribution in [1.29, 1.82) is 0 Å². The minimum atomic E-state index is 0.675. The van der Waals surface area contributed by atoms with Crippen LogP contribution in [0.4, 0.5) is 5.95 Å². The van der Waals surface area contributed by atoms with E-state index in [4.69, 9.17) is 0 Å². The molecule has 1 N–H and O–H groups in total. The summed E-state index contributed by atoms with van der Waals surface area (Å²) < 4.78 is 2.36. The van der Waals surface area contributed by atoms with Gasteiger partial charge < -0.3 is 9.88 Å². The van der Waals surface area contributed by atoms with Crippen molar-refractivity contribution in [3.8, 4) is 0 Å². The number of hydrogen-bond acceptors (Lipinski definition) is 2. The summed E-state index contributed by atoms with van der Waals surface area (Å²) in [5.41, 5.74) is 0. The quantitative estimate of drug-likeness (QED) is 0.822. The Morgan fingerprint density at radius 1 is 1.33 bits per heavy atom. The summed E-state index contributed by atoms with van der Waals surface area (Å²) in [6.45, 7) is 2.36. The van der Waals surface area contributed by atoms with Crippen LogP contribution >= 0.6 is 0 Å². The molecule has 0 aromatic carbocycles. The average Bonchev–Trinajstić information content (AvgIpc) is 2.74. The van der Waals surface area contributed by atoms with E-state index in [1.807, 2.05) is 6.20 Å². The average molecular weight is 205 g/mol. The maximum Gasteiger partial charge on any atom is 0.203 e. The second-order valence-electron chi connectivity index (χ2n) is 5.05. The number of hydrogen-bond donors (Lipinski definition) is 1. The Morgan fingerprint density at radius 2 is 2.20 bits per heavy atom. The van der Waals surface area contributed by atoms with E-state index >= 15 is 0 Å². The lowest BCUT2D eigenvalue weighted by molar-refractivity contribution is 0.411. The summed E-state index contributed by atoms with van der Waals surface area (Å²) in [5, 5.41) is 3.51. The van der Waals surface area contributed by atoms with Gasteiger partial charge in [-0.2, -0.15) is 0 Å². The Labute approximate surface area is 90.9 Å². The standard InChI is InChI=1S/C12H19N3/c1-9-3-2-4-11(9)15-8-7-13-12(15)14-10-5-6-10/h7-11H,2-6H2,1H3,(H,13,14). The largest absolute Gasteiger partial charge is 0.353 e. The van der Waals surface area contributed by atoms with Crippen LogP contribution in [0.2, 0.25) is 0 Å². The van der Waals surface area contributed by atoms with Gasteiger partial charge in [-0.3, -0.25) is 0 Å². The van der Waals surface area contributed by atoms with E-state index < -0.39 is 0 Å². The zero-order valence-electron chi connectivity index (χ0n) is 9.32. The molecule has 2 unspecified atom stereocenters. The molecule has 1 aromatic heterocycles. The van der Waals surface area contributed by atoms with Crippen molar-refractivity contribution in [3.05, 3.63) is 12.4 Å². The van der Waals surface area contributed by atoms with Gasteiger partial charge in [-0.1, -0.05) is 13.3 Å². The molecule has 0 bridgehead atoms. The predicted octanol–water partition coefficient (Wildman–Crippen LogP) is 2.82. The van der Waals surface area contributed by atoms with Crippen LogP contribution in [0.3, 0.4) is 0 Å². The van der Waals surface area contributed by atoms with Crippen LogP contribution in [-0.2, 0) is 0 Å². The lowest BCUT2D eigenvalue weighted by atomic mass is 10.1. The summed E-state index contributed by atoms with van der Waals surface area (Å²) >= 11 is 0. The van der Waals surface area contributed by atoms with Gasteiger partial charge in [-0.05, 0) is 31.6 Å². The summed E-state index contributed by atoms with van der Waals surface area (Å²) in [6.07, 6.45) is 10.7. The number of aromatic nitrogens is 2. The van der Waals surface area contributed by atoms with Crippen LogP contribution in [0.1, 0.15) is 45.1 Å². The number of nitrogens with zero attached hydrogens (tertiary/aromatic N) is 2. The molecule has 3 heteroatoms. The zero-order valence-corrected chi connectivity index (χ0v) is 9.32. The molecule has 0 amide bonds. The van der Waals surface area contributed by atoms with Crippen LogP contribution in [0.5, 0.6) is 0 Å². The molecule has 15 heavy (non-hydrogen) atoms. The second kappa shape index (κ2) is 3.54. The molecular weight excluding hydrogens is 186 g/mol. The molecule has 0 radical (unpaired) electrons. The summed E-state index contributed by atoms with van der Waals surface area (Å²) in [5.74, 6) is 1.90. The highest BCUT2D eigenvalue weighted by atomic mass is 15.2. The fourth-order valence-electron chi connectivity index (χ4n) is 2.64. The Balaban J connectivity index is 1.80. The first-order valence-electron chi connectivity index (χ1n) is 6.14. The number of imidazole rings is 1. The van der Waals surface area contributed by atoms with Crippen LogP contribution < -0.4 is 5.32 Å². The summed E-state index contributed by atoms with van der Waals surface area (Å²) in [7, 11) is 0. The van der Waals surface area contributed by atoms with E-state index in [0.29, 0.717) is 12.1 Å². The third kappa shape index (κ3) is 1.75. The van der Waals surface area contributed by atoms with Gasteiger partial charge in [0.2, 0.25) is 5.95 Å². The van der Waals surface area contributed by atoms with Gasteiger partial charge in [0.25, 0.3) is 0 Å². The second-order valence-corrected chi connectivity index (χ2v) is 5.05. The fourth-order valence-corrected chi connectivity index (χ4v) is 2.64. The highest BCUT2D eigenvalue weighted by molar-refractivity contribution is 5.30. The third-order valence-corrected chi connectivity index (χ3v) is 3.75. The Morgan fingerprint density at radius 3 is 2.87 bits per heavy atom. The van der Waals surface area contributed by atoms with E-state index in [-0.39, 0.29) is 0 Å². The van der Waals surface area contributed by atoms with Crippen molar-refractivity contribution >= 4 is 5.95 Å². The summed E-state index contributed by atoms with van der Waals surface area (Å²) in [6, 6.07) is 1.37. The van der Waals surface area contributed by atoms with Crippen molar-refractivity contribution in [2.45, 2.75) is 51.1 Å². The maximum atomic E-state index is 4.43. The van der Waals surface area contributed by atoms with Crippen LogP contribution in [0, 0.1) is 5.92 Å². The molecule has 0 spiro atoms. The molecule has 0 aliphatic heterocycles. The van der Waals surface area contributed by atoms with Crippen molar-refractivity contribution in [2.24, 2.45) is 5.92 Å². The normalized spacial score (nSPS) is 30.7. The maximum absolute atomic E-state index is 4.43. The molecule has 82 valence electrons. The zero-order chi connectivity index (χ0) is 10.3. The molecule has 2 aliphatic rings. The molecule has 1 aromatic rings. The fraction of sp³-hybridized carbons (Fsp3) is 0.750. The molecule has 2 fully saturated rings. The first kappa shape index (κ1) is 9.25. The Kier molecular flexibility index (Phi) is 2.19. The van der Waals surface area contributed by atoms with E-state index in [1.165, 1.54) is 32.1 Å². The topological polar surface area (TPSA) is 29.9 Å². The minimum Gasteiger partial charge on any atom is -0.353 e. The molecule has 3 nitrogen and oxygen atoms in total. The van der Waals surface area contributed by atoms with Gasteiger partial charge in [0.15, 0.2) is 0 Å². The molecule has 2 saturated carbocycles. The predicted molar refractivity (Wildman–Crippen MR) is 60.9 cm³/mol. The highest BCUT2D eigenvalue weighted by Gasteiger charge is 2.28. The molecular formula is C12H19N3. The number of anilines is 1. The van der Waals surface area contributed by atoms with Gasteiger partial charge in [0.05, 0.1) is 0 Å². The van der Waals surface area contributed by atoms with Gasteiger partial charge in [-0.25, -0.2) is 4.98 Å². The van der Waals surface area contributed by atoms with Gasteiger partial charge >= 0.3 is 0 Å². The molecule has 2 aliphatic carbocycles. The smallest absolute Gasteiger partial charge is 0.203 e. The lowest BCUT2D eigenvalue weighted by Gasteiger charge is -2.20. The van der Waals surface area contributed by atoms with Crippen molar-refractivity contribution in [1.82, 2.24) is 9.55 Å². The van der Waals surface area contributed by atoms with Crippen molar-refractivity contribution < 1.29 is 0 Å². The van der Waals surface area contributed by atoms with Crippen LogP contribution in [0.15, 0.2) is 12.4 Å². The molecule has 3 rings (SSSR count). The van der Waals surface area contributed by atoms with Crippen molar-refractivity contribution in [3.63, 3.8) is 0 Å². The summed E-state index contributed by atoms with van der Waals surface area (Å²) in [4.78, 5) is 4.43. The Bertz CT molecular complexity index is 340. The van der Waals surface area contributed by atoms with Gasteiger partial charge in [0, 0.05) is 24.5 Å². The van der Waals surface area contributed by atoms with Gasteiger partial charge in [-0.15, -0.1) is 0 Å². The molecule has 0 saturated heterocycles. The minimum absolute atomic E-state index is 0.675. The van der Waals surface area contributed by atoms with E-state index in [9.17, 15) is 0 Å². The monoisotopic (exact) mass is 205 g/mol. The van der Waals surface area contributed by atoms with E-state index in [2.05, 4.69) is 28.0 Å². The first-order chi connectivity index (χ1) is 7.34. The third-order valence-electron chi connectivity index (χ3n) is 3.75. The highest BCUT2D eigenvalue weighted by Crippen LogP contribution is 2.37. The number of nitrogens with one attached hydrogen (secondary N) is 1. The van der Waals surface area contributed by atoms with Crippen LogP contribution in [-0.4, -0.2) is 15.6 Å². The van der Waals surface area contributed by atoms with E-state index in [1.54, 1.807) is 0 Å². The van der Waals surface area contributed by atoms with Crippen LogP contribution in [0.25, 0.3) is 0 Å². The Hall–Kier alpha value is -0.990. The van der Waals surface area contributed by atoms with Crippen molar-refractivity contribution in [2.75, 3.05) is 5.32 Å². The molecule has 1 heterocycles.